The van der Waals surface area contributed by atoms with E-state index in [-0.39, 0.29) is 5.56 Å². The van der Waals surface area contributed by atoms with E-state index in [4.69, 9.17) is 5.11 Å². The van der Waals surface area contributed by atoms with E-state index < -0.39 is 5.97 Å². The Balaban J connectivity index is 1.98. The Morgan fingerprint density at radius 1 is 1.18 bits per heavy atom. The van der Waals surface area contributed by atoms with Crippen LogP contribution in [0.5, 0.6) is 0 Å². The Morgan fingerprint density at radius 3 is 2.53 bits per heavy atom. The number of hydrogen-bond donors (Lipinski definition) is 2. The third-order valence-electron chi connectivity index (χ3n) is 2.32. The fraction of sp³-hybridized carbons (Fsp3) is 0.0769. The van der Waals surface area contributed by atoms with Crippen molar-refractivity contribution in [1.29, 1.82) is 0 Å². The summed E-state index contributed by atoms with van der Waals surface area (Å²) in [6, 6.07) is 13.0. The number of nitrogens with one attached hydrogen (secondary N) is 1. The van der Waals surface area contributed by atoms with Crippen LogP contribution in [0.15, 0.2) is 48.7 Å². The Bertz CT molecular complexity index is 495. The van der Waals surface area contributed by atoms with Crippen molar-refractivity contribution < 1.29 is 9.90 Å². The van der Waals surface area contributed by atoms with Crippen molar-refractivity contribution in [3.05, 3.63) is 59.9 Å². The van der Waals surface area contributed by atoms with Gasteiger partial charge in [0.15, 0.2) is 0 Å². The van der Waals surface area contributed by atoms with E-state index in [9.17, 15) is 4.79 Å². The second-order valence-corrected chi connectivity index (χ2v) is 3.56. The van der Waals surface area contributed by atoms with Crippen LogP contribution in [0.3, 0.4) is 0 Å². The van der Waals surface area contributed by atoms with Crippen LogP contribution in [0, 0.1) is 0 Å². The van der Waals surface area contributed by atoms with Crippen LogP contribution in [0.1, 0.15) is 16.1 Å². The summed E-state index contributed by atoms with van der Waals surface area (Å²) in [5.41, 5.74) is 2.02. The number of carboxylic acids is 1. The van der Waals surface area contributed by atoms with Crippen LogP contribution in [0.25, 0.3) is 0 Å². The van der Waals surface area contributed by atoms with Gasteiger partial charge >= 0.3 is 5.97 Å². The molecule has 2 rings (SSSR count). The highest BCUT2D eigenvalue weighted by molar-refractivity contribution is 5.87. The fourth-order valence-electron chi connectivity index (χ4n) is 1.40. The van der Waals surface area contributed by atoms with Crippen molar-refractivity contribution in [3.63, 3.8) is 0 Å². The van der Waals surface area contributed by atoms with Crippen LogP contribution in [-0.2, 0) is 6.54 Å². The van der Waals surface area contributed by atoms with Crippen LogP contribution < -0.4 is 5.32 Å². The number of benzene rings is 1. The highest BCUT2D eigenvalue weighted by atomic mass is 16.4. The number of nitrogens with zero attached hydrogens (tertiary/aromatic N) is 1. The van der Waals surface area contributed by atoms with Gasteiger partial charge in [-0.25, -0.2) is 4.79 Å². The molecule has 4 nitrogen and oxygen atoms in total. The maximum absolute atomic E-state index is 10.6. The number of aromatic nitrogens is 1. The van der Waals surface area contributed by atoms with Gasteiger partial charge in [-0.2, -0.15) is 0 Å². The molecule has 2 N–H and O–H groups in total. The van der Waals surface area contributed by atoms with E-state index in [2.05, 4.69) is 10.3 Å². The number of rotatable bonds is 4. The molecular formula is C13H12N2O2. The van der Waals surface area contributed by atoms with E-state index in [1.165, 1.54) is 6.20 Å². The molecule has 0 radical (unpaired) electrons. The summed E-state index contributed by atoms with van der Waals surface area (Å²) in [6.45, 7) is 0.573. The molecule has 0 aliphatic heterocycles. The molecule has 17 heavy (non-hydrogen) atoms. The molecule has 0 aliphatic rings. The first-order chi connectivity index (χ1) is 8.25. The summed E-state index contributed by atoms with van der Waals surface area (Å²) in [6.07, 6.45) is 1.37. The van der Waals surface area contributed by atoms with E-state index in [0.717, 1.165) is 11.4 Å². The second kappa shape index (κ2) is 5.12. The zero-order valence-electron chi connectivity index (χ0n) is 9.13. The molecule has 1 aromatic carbocycles. The van der Waals surface area contributed by atoms with Crippen molar-refractivity contribution in [2.24, 2.45) is 0 Å². The van der Waals surface area contributed by atoms with Gasteiger partial charge in [0.25, 0.3) is 0 Å². The van der Waals surface area contributed by atoms with Crippen molar-refractivity contribution in [3.8, 4) is 0 Å². The third kappa shape index (κ3) is 3.04. The topological polar surface area (TPSA) is 62.2 Å². The van der Waals surface area contributed by atoms with Crippen LogP contribution in [-0.4, -0.2) is 16.1 Å². The molecule has 0 bridgehead atoms. The van der Waals surface area contributed by atoms with Gasteiger partial charge in [-0.15, -0.1) is 0 Å². The maximum Gasteiger partial charge on any atom is 0.337 e. The van der Waals surface area contributed by atoms with Crippen LogP contribution in [0.2, 0.25) is 0 Å². The lowest BCUT2D eigenvalue weighted by molar-refractivity contribution is 0.0696. The first-order valence-corrected chi connectivity index (χ1v) is 5.23. The molecule has 2 aromatic rings. The monoisotopic (exact) mass is 228 g/mol. The molecule has 0 saturated heterocycles. The molecule has 86 valence electrons. The number of para-hydroxylation sites is 1. The number of carboxylic acid groups (broad SMARTS) is 1. The molecule has 0 spiro atoms. The smallest absolute Gasteiger partial charge is 0.337 e. The number of pyridine rings is 1. The summed E-state index contributed by atoms with van der Waals surface area (Å²) in [5.74, 6) is -0.958. The lowest BCUT2D eigenvalue weighted by Crippen LogP contribution is -2.03. The highest BCUT2D eigenvalue weighted by Gasteiger charge is 2.02. The van der Waals surface area contributed by atoms with Gasteiger partial charge < -0.3 is 10.4 Å². The molecule has 4 heteroatoms. The average Bonchev–Trinajstić information content (AvgIpc) is 2.38. The maximum atomic E-state index is 10.6. The van der Waals surface area contributed by atoms with Gasteiger partial charge in [-0.1, -0.05) is 18.2 Å². The van der Waals surface area contributed by atoms with Gasteiger partial charge in [0, 0.05) is 11.9 Å². The molecule has 0 fully saturated rings. The summed E-state index contributed by atoms with van der Waals surface area (Å²) in [4.78, 5) is 14.7. The molecule has 0 atom stereocenters. The van der Waals surface area contributed by atoms with Gasteiger partial charge in [-0.3, -0.25) is 4.98 Å². The number of anilines is 1. The molecule has 1 aromatic heterocycles. The summed E-state index contributed by atoms with van der Waals surface area (Å²) in [5, 5.41) is 11.9. The van der Waals surface area contributed by atoms with Gasteiger partial charge in [0.2, 0.25) is 0 Å². The highest BCUT2D eigenvalue weighted by Crippen LogP contribution is 2.07. The van der Waals surface area contributed by atoms with Crippen LogP contribution in [0.4, 0.5) is 5.69 Å². The van der Waals surface area contributed by atoms with Crippen molar-refractivity contribution in [1.82, 2.24) is 4.98 Å². The average molecular weight is 228 g/mol. The summed E-state index contributed by atoms with van der Waals surface area (Å²) >= 11 is 0. The first-order valence-electron chi connectivity index (χ1n) is 5.23. The van der Waals surface area contributed by atoms with E-state index in [0.29, 0.717) is 6.54 Å². The van der Waals surface area contributed by atoms with E-state index in [1.54, 1.807) is 12.1 Å². The largest absolute Gasteiger partial charge is 0.478 e. The van der Waals surface area contributed by atoms with Gasteiger partial charge in [-0.05, 0) is 24.3 Å². The van der Waals surface area contributed by atoms with Gasteiger partial charge in [0.1, 0.15) is 0 Å². The predicted octanol–water partition coefficient (Wildman–Crippen LogP) is 2.39. The Labute approximate surface area is 98.9 Å². The SMILES string of the molecule is O=C(O)c1ccc(CNc2ccccc2)nc1. The first kappa shape index (κ1) is 11.1. The van der Waals surface area contributed by atoms with Crippen molar-refractivity contribution in [2.45, 2.75) is 6.54 Å². The minimum absolute atomic E-state index is 0.202. The summed E-state index contributed by atoms with van der Waals surface area (Å²) < 4.78 is 0. The van der Waals surface area contributed by atoms with Crippen molar-refractivity contribution in [2.75, 3.05) is 5.32 Å². The normalized spacial score (nSPS) is 9.88. The van der Waals surface area contributed by atoms with Crippen molar-refractivity contribution >= 4 is 11.7 Å². The fourth-order valence-corrected chi connectivity index (χ4v) is 1.40. The molecule has 1 heterocycles. The molecule has 0 unspecified atom stereocenters. The third-order valence-corrected chi connectivity index (χ3v) is 2.32. The zero-order chi connectivity index (χ0) is 12.1. The zero-order valence-corrected chi connectivity index (χ0v) is 9.13. The van der Waals surface area contributed by atoms with Gasteiger partial charge in [0.05, 0.1) is 17.8 Å². The molecule has 0 aliphatic carbocycles. The second-order valence-electron chi connectivity index (χ2n) is 3.56. The molecule has 0 amide bonds. The minimum atomic E-state index is -0.958. The predicted molar refractivity (Wildman–Crippen MR) is 65.0 cm³/mol. The number of aromatic carboxylic acids is 1. The lowest BCUT2D eigenvalue weighted by Gasteiger charge is -2.05. The van der Waals surface area contributed by atoms with E-state index >= 15 is 0 Å². The number of carbonyl (C=O) groups is 1. The summed E-state index contributed by atoms with van der Waals surface area (Å²) in [7, 11) is 0. The standard InChI is InChI=1S/C13H12N2O2/c16-13(17)10-6-7-12(14-8-10)9-15-11-4-2-1-3-5-11/h1-8,15H,9H2,(H,16,17). The van der Waals surface area contributed by atoms with E-state index in [1.807, 2.05) is 30.3 Å². The quantitative estimate of drug-likeness (QED) is 0.843. The van der Waals surface area contributed by atoms with Crippen LogP contribution >= 0.6 is 0 Å². The lowest BCUT2D eigenvalue weighted by atomic mass is 10.2. The Kier molecular flexibility index (Phi) is 3.35. The Hall–Kier alpha value is -2.36. The molecule has 0 saturated carbocycles. The number of hydrogen-bond acceptors (Lipinski definition) is 3. The minimum Gasteiger partial charge on any atom is -0.478 e. The Morgan fingerprint density at radius 2 is 1.94 bits per heavy atom. The molecular weight excluding hydrogens is 216 g/mol.